The van der Waals surface area contributed by atoms with Crippen molar-refractivity contribution in [3.8, 4) is 0 Å². The van der Waals surface area contributed by atoms with E-state index in [1.54, 1.807) is 6.92 Å². The normalized spacial score (nSPS) is 10.1. The van der Waals surface area contributed by atoms with Crippen LogP contribution in [-0.4, -0.2) is 21.0 Å². The number of carbonyl (C=O) groups is 1. The number of H-pyrrole nitrogens is 1. The lowest BCUT2D eigenvalue weighted by Gasteiger charge is -2.00. The summed E-state index contributed by atoms with van der Waals surface area (Å²) in [5.41, 5.74) is -0.932. The van der Waals surface area contributed by atoms with Crippen LogP contribution in [0.15, 0.2) is 4.79 Å². The molecule has 0 unspecified atom stereocenters. The van der Waals surface area contributed by atoms with E-state index in [4.69, 9.17) is 5.11 Å². The number of aromatic amines is 1. The van der Waals surface area contributed by atoms with Gasteiger partial charge in [-0.15, -0.1) is 0 Å². The number of halogens is 1. The van der Waals surface area contributed by atoms with E-state index in [0.29, 0.717) is 0 Å². The molecule has 0 fully saturated rings. The molecule has 1 aromatic heterocycles. The molecule has 1 heterocycles. The van der Waals surface area contributed by atoms with Gasteiger partial charge in [0.25, 0.3) is 5.56 Å². The molecule has 0 bridgehead atoms. The lowest BCUT2D eigenvalue weighted by molar-refractivity contribution is -0.136. The van der Waals surface area contributed by atoms with Gasteiger partial charge < -0.3 is 10.1 Å². The summed E-state index contributed by atoms with van der Waals surface area (Å²) in [4.78, 5) is 27.0. The zero-order valence-corrected chi connectivity index (χ0v) is 7.50. The molecule has 0 atom stereocenters. The summed E-state index contributed by atoms with van der Waals surface area (Å²) in [7, 11) is 0. The first-order valence-electron chi connectivity index (χ1n) is 4.04. The molecule has 0 aliphatic carbocycles. The van der Waals surface area contributed by atoms with Gasteiger partial charge in [-0.1, -0.05) is 6.92 Å². The second kappa shape index (κ2) is 3.99. The molecule has 0 amide bonds. The van der Waals surface area contributed by atoms with E-state index in [2.05, 4.69) is 9.97 Å². The van der Waals surface area contributed by atoms with Crippen LogP contribution in [0.4, 0.5) is 4.39 Å². The third kappa shape index (κ3) is 2.15. The number of aromatic nitrogens is 2. The Morgan fingerprint density at radius 1 is 1.64 bits per heavy atom. The maximum atomic E-state index is 13.0. The third-order valence-electron chi connectivity index (χ3n) is 1.63. The monoisotopic (exact) mass is 200 g/mol. The van der Waals surface area contributed by atoms with Crippen molar-refractivity contribution < 1.29 is 14.3 Å². The average Bonchev–Trinajstić information content (AvgIpc) is 2.10. The van der Waals surface area contributed by atoms with Gasteiger partial charge in [0.1, 0.15) is 12.2 Å². The van der Waals surface area contributed by atoms with Gasteiger partial charge in [0.15, 0.2) is 0 Å². The minimum Gasteiger partial charge on any atom is -0.481 e. The minimum absolute atomic E-state index is 0.00926. The molecule has 2 N–H and O–H groups in total. The quantitative estimate of drug-likeness (QED) is 0.724. The minimum atomic E-state index is -1.12. The van der Waals surface area contributed by atoms with Gasteiger partial charge in [0.2, 0.25) is 5.82 Å². The van der Waals surface area contributed by atoms with Gasteiger partial charge in [-0.05, 0) is 6.42 Å². The zero-order chi connectivity index (χ0) is 10.7. The smallest absolute Gasteiger partial charge is 0.311 e. The Balaban J connectivity index is 3.16. The Labute approximate surface area is 78.6 Å². The molecule has 6 heteroatoms. The fraction of sp³-hybridized carbons (Fsp3) is 0.375. The number of aryl methyl sites for hydroxylation is 1. The number of aliphatic carboxylic acids is 1. The summed E-state index contributed by atoms with van der Waals surface area (Å²) in [5.74, 6) is -2.09. The van der Waals surface area contributed by atoms with Crippen LogP contribution < -0.4 is 5.56 Å². The van der Waals surface area contributed by atoms with Crippen LogP contribution >= 0.6 is 0 Å². The molecule has 14 heavy (non-hydrogen) atoms. The summed E-state index contributed by atoms with van der Waals surface area (Å²) >= 11 is 0. The van der Waals surface area contributed by atoms with Gasteiger partial charge in [-0.2, -0.15) is 4.39 Å². The molecule has 0 radical (unpaired) electrons. The van der Waals surface area contributed by atoms with E-state index < -0.39 is 23.8 Å². The van der Waals surface area contributed by atoms with Crippen molar-refractivity contribution in [2.45, 2.75) is 19.8 Å². The second-order valence-corrected chi connectivity index (χ2v) is 2.70. The molecular weight excluding hydrogens is 191 g/mol. The largest absolute Gasteiger partial charge is 0.481 e. The predicted octanol–water partition coefficient (Wildman–Crippen LogP) is 0.0985. The van der Waals surface area contributed by atoms with Crippen LogP contribution in [-0.2, 0) is 17.6 Å². The highest BCUT2D eigenvalue weighted by Crippen LogP contribution is 2.00. The average molecular weight is 200 g/mol. The molecule has 0 spiro atoms. The van der Waals surface area contributed by atoms with Crippen molar-refractivity contribution >= 4 is 5.97 Å². The Hall–Kier alpha value is -1.72. The summed E-state index contributed by atoms with van der Waals surface area (Å²) in [6, 6.07) is 0. The standard InChI is InChI=1S/C8H9FN2O3/c1-2-4-7(9)8(14)11-5(10-4)3-6(12)13/h2-3H2,1H3,(H,12,13)(H,10,11,14). The van der Waals surface area contributed by atoms with Crippen molar-refractivity contribution in [1.29, 1.82) is 0 Å². The first-order valence-corrected chi connectivity index (χ1v) is 4.04. The molecule has 0 aliphatic rings. The summed E-state index contributed by atoms with van der Waals surface area (Å²) in [6.45, 7) is 1.63. The number of nitrogens with zero attached hydrogens (tertiary/aromatic N) is 1. The first-order chi connectivity index (χ1) is 6.54. The van der Waals surface area contributed by atoms with E-state index in [1.165, 1.54) is 0 Å². The number of carboxylic acids is 1. The second-order valence-electron chi connectivity index (χ2n) is 2.70. The van der Waals surface area contributed by atoms with Crippen LogP contribution in [0.5, 0.6) is 0 Å². The first kappa shape index (κ1) is 10.4. The number of carboxylic acid groups (broad SMARTS) is 1. The third-order valence-corrected chi connectivity index (χ3v) is 1.63. The topological polar surface area (TPSA) is 83.0 Å². The fourth-order valence-electron chi connectivity index (χ4n) is 1.02. The van der Waals surface area contributed by atoms with E-state index in [0.717, 1.165) is 0 Å². The van der Waals surface area contributed by atoms with E-state index in [9.17, 15) is 14.0 Å². The van der Waals surface area contributed by atoms with Gasteiger partial charge in [-0.3, -0.25) is 9.59 Å². The molecule has 1 aromatic rings. The van der Waals surface area contributed by atoms with Crippen molar-refractivity contribution in [3.05, 3.63) is 27.7 Å². The molecule has 0 aromatic carbocycles. The van der Waals surface area contributed by atoms with E-state index >= 15 is 0 Å². The highest BCUT2D eigenvalue weighted by Gasteiger charge is 2.10. The molecular formula is C8H9FN2O3. The lowest BCUT2D eigenvalue weighted by Crippen LogP contribution is -2.20. The van der Waals surface area contributed by atoms with Crippen LogP contribution in [0.1, 0.15) is 18.4 Å². The number of hydrogen-bond donors (Lipinski definition) is 2. The lowest BCUT2D eigenvalue weighted by atomic mass is 10.3. The molecule has 0 aliphatic heterocycles. The van der Waals surface area contributed by atoms with Gasteiger partial charge >= 0.3 is 5.97 Å². The maximum Gasteiger partial charge on any atom is 0.311 e. The Morgan fingerprint density at radius 2 is 2.29 bits per heavy atom. The number of rotatable bonds is 3. The number of hydrogen-bond acceptors (Lipinski definition) is 3. The van der Waals surface area contributed by atoms with Gasteiger partial charge in [0, 0.05) is 0 Å². The van der Waals surface area contributed by atoms with Crippen molar-refractivity contribution in [3.63, 3.8) is 0 Å². The van der Waals surface area contributed by atoms with Crippen molar-refractivity contribution in [2.75, 3.05) is 0 Å². The van der Waals surface area contributed by atoms with Gasteiger partial charge in [0.05, 0.1) is 5.69 Å². The van der Waals surface area contributed by atoms with Crippen LogP contribution in [0.2, 0.25) is 0 Å². The maximum absolute atomic E-state index is 13.0. The molecule has 0 saturated heterocycles. The summed E-state index contributed by atoms with van der Waals surface area (Å²) < 4.78 is 13.0. The summed E-state index contributed by atoms with van der Waals surface area (Å²) in [6.07, 6.45) is -0.162. The van der Waals surface area contributed by atoms with Crippen molar-refractivity contribution in [2.24, 2.45) is 0 Å². The highest BCUT2D eigenvalue weighted by atomic mass is 19.1. The highest BCUT2D eigenvalue weighted by molar-refractivity contribution is 5.68. The molecule has 76 valence electrons. The summed E-state index contributed by atoms with van der Waals surface area (Å²) in [5, 5.41) is 8.43. The van der Waals surface area contributed by atoms with Crippen LogP contribution in [0.25, 0.3) is 0 Å². The predicted molar refractivity (Wildman–Crippen MR) is 45.5 cm³/mol. The van der Waals surface area contributed by atoms with Gasteiger partial charge in [-0.25, -0.2) is 4.98 Å². The Kier molecular flexibility index (Phi) is 2.95. The molecule has 0 saturated carbocycles. The zero-order valence-electron chi connectivity index (χ0n) is 7.50. The Morgan fingerprint density at radius 3 is 2.79 bits per heavy atom. The van der Waals surface area contributed by atoms with Crippen molar-refractivity contribution in [1.82, 2.24) is 9.97 Å². The van der Waals surface area contributed by atoms with Crippen LogP contribution in [0.3, 0.4) is 0 Å². The fourth-order valence-corrected chi connectivity index (χ4v) is 1.02. The number of nitrogens with one attached hydrogen (secondary N) is 1. The Bertz CT molecular complexity index is 414. The van der Waals surface area contributed by atoms with Crippen LogP contribution in [0, 0.1) is 5.82 Å². The van der Waals surface area contributed by atoms with E-state index in [-0.39, 0.29) is 17.9 Å². The SMILES string of the molecule is CCc1nc(CC(=O)O)[nH]c(=O)c1F. The molecule has 1 rings (SSSR count). The van der Waals surface area contributed by atoms with E-state index in [1.807, 2.05) is 0 Å². The molecule has 5 nitrogen and oxygen atoms in total.